The molecule has 3 aromatic carbocycles. The Morgan fingerprint density at radius 2 is 1.78 bits per heavy atom. The van der Waals surface area contributed by atoms with E-state index >= 15 is 0 Å². The van der Waals surface area contributed by atoms with Crippen LogP contribution < -0.4 is 14.4 Å². The number of aryl methyl sites for hydroxylation is 1. The Hall–Kier alpha value is -3.84. The van der Waals surface area contributed by atoms with Crippen LogP contribution in [0.3, 0.4) is 0 Å². The van der Waals surface area contributed by atoms with Crippen LogP contribution in [0.2, 0.25) is 0 Å². The summed E-state index contributed by atoms with van der Waals surface area (Å²) in [7, 11) is 1.67. The zero-order valence-electron chi connectivity index (χ0n) is 21.0. The summed E-state index contributed by atoms with van der Waals surface area (Å²) in [5.74, 6) is 0.691. The number of anilines is 1. The van der Waals surface area contributed by atoms with Crippen LogP contribution in [0.15, 0.2) is 72.1 Å². The second-order valence-electron chi connectivity index (χ2n) is 9.27. The van der Waals surface area contributed by atoms with E-state index < -0.39 is 5.97 Å². The number of piperidine rings is 1. The van der Waals surface area contributed by atoms with Crippen molar-refractivity contribution in [2.45, 2.75) is 26.4 Å². The number of carboxylic acids is 1. The number of ether oxygens (including phenoxy) is 2. The van der Waals surface area contributed by atoms with Gasteiger partial charge in [-0.25, -0.2) is 4.98 Å². The second kappa shape index (κ2) is 11.0. The molecule has 190 valence electrons. The molecule has 1 N–H and O–H groups in total. The Labute approximate surface area is 221 Å². The molecule has 37 heavy (non-hydrogen) atoms. The lowest BCUT2D eigenvalue weighted by molar-refractivity contribution is -0.142. The molecule has 1 fully saturated rings. The monoisotopic (exact) mass is 514 g/mol. The maximum absolute atomic E-state index is 11.3. The van der Waals surface area contributed by atoms with Gasteiger partial charge in [0.1, 0.15) is 18.1 Å². The molecule has 1 aliphatic rings. The number of thiazole rings is 1. The van der Waals surface area contributed by atoms with E-state index in [2.05, 4.69) is 47.5 Å². The van der Waals surface area contributed by atoms with Gasteiger partial charge in [0.2, 0.25) is 0 Å². The standard InChI is InChI=1S/C30H30N2O4S/c1-20-17-23(21-9-11-25(35-2)12-10-21)7-8-24(20)18-36-28-6-4-3-5-26(28)27-19-37-30(31-27)32-15-13-22(14-16-32)29(33)34/h3-12,17,19,22H,13-16,18H2,1-2H3,(H,33,34). The summed E-state index contributed by atoms with van der Waals surface area (Å²) in [6.07, 6.45) is 1.31. The van der Waals surface area contributed by atoms with Crippen LogP contribution in [0.4, 0.5) is 5.13 Å². The SMILES string of the molecule is COc1ccc(-c2ccc(COc3ccccc3-c3csc(N4CCC(C(=O)O)CC4)n3)c(C)c2)cc1. The highest BCUT2D eigenvalue weighted by Gasteiger charge is 2.26. The number of methoxy groups -OCH3 is 1. The second-order valence-corrected chi connectivity index (χ2v) is 10.1. The average Bonchev–Trinajstić information content (AvgIpc) is 3.43. The van der Waals surface area contributed by atoms with Crippen molar-refractivity contribution in [3.05, 3.63) is 83.2 Å². The van der Waals surface area contributed by atoms with Crippen molar-refractivity contribution >= 4 is 22.4 Å². The predicted octanol–water partition coefficient (Wildman–Crippen LogP) is 6.67. The van der Waals surface area contributed by atoms with E-state index in [1.54, 1.807) is 18.4 Å². The molecule has 1 aliphatic heterocycles. The van der Waals surface area contributed by atoms with Gasteiger partial charge < -0.3 is 19.5 Å². The quantitative estimate of drug-likeness (QED) is 0.283. The molecule has 0 bridgehead atoms. The van der Waals surface area contributed by atoms with Crippen molar-refractivity contribution in [3.63, 3.8) is 0 Å². The minimum Gasteiger partial charge on any atom is -0.497 e. The number of para-hydroxylation sites is 1. The van der Waals surface area contributed by atoms with E-state index in [1.165, 1.54) is 5.56 Å². The first-order chi connectivity index (χ1) is 18.0. The molecular formula is C30H30N2O4S. The first kappa shape index (κ1) is 24.8. The smallest absolute Gasteiger partial charge is 0.306 e. The number of benzene rings is 3. The highest BCUT2D eigenvalue weighted by molar-refractivity contribution is 7.14. The largest absolute Gasteiger partial charge is 0.497 e. The first-order valence-corrected chi connectivity index (χ1v) is 13.3. The van der Waals surface area contributed by atoms with Crippen molar-refractivity contribution in [3.8, 4) is 33.9 Å². The Morgan fingerprint density at radius 3 is 2.49 bits per heavy atom. The summed E-state index contributed by atoms with van der Waals surface area (Å²) in [5.41, 5.74) is 6.44. The molecule has 6 nitrogen and oxygen atoms in total. The van der Waals surface area contributed by atoms with Crippen molar-refractivity contribution < 1.29 is 19.4 Å². The van der Waals surface area contributed by atoms with E-state index in [0.717, 1.165) is 44.6 Å². The lowest BCUT2D eigenvalue weighted by Crippen LogP contribution is -2.36. The van der Waals surface area contributed by atoms with E-state index in [0.29, 0.717) is 32.5 Å². The Kier molecular flexibility index (Phi) is 7.42. The predicted molar refractivity (Wildman–Crippen MR) is 148 cm³/mol. The van der Waals surface area contributed by atoms with Gasteiger partial charge in [0.25, 0.3) is 0 Å². The molecule has 0 radical (unpaired) electrons. The van der Waals surface area contributed by atoms with Crippen LogP contribution in [0.1, 0.15) is 24.0 Å². The van der Waals surface area contributed by atoms with Crippen molar-refractivity contribution in [2.24, 2.45) is 5.92 Å². The topological polar surface area (TPSA) is 71.9 Å². The van der Waals surface area contributed by atoms with E-state index in [4.69, 9.17) is 14.5 Å². The van der Waals surface area contributed by atoms with Gasteiger partial charge in [-0.3, -0.25) is 4.79 Å². The van der Waals surface area contributed by atoms with Gasteiger partial charge in [-0.05, 0) is 66.3 Å². The molecule has 2 heterocycles. The molecule has 0 atom stereocenters. The minimum absolute atomic E-state index is 0.251. The van der Waals surface area contributed by atoms with Crippen LogP contribution in [0.25, 0.3) is 22.4 Å². The number of carboxylic acid groups (broad SMARTS) is 1. The van der Waals surface area contributed by atoms with E-state index in [-0.39, 0.29) is 5.92 Å². The molecule has 0 spiro atoms. The van der Waals surface area contributed by atoms with Crippen molar-refractivity contribution in [1.82, 2.24) is 4.98 Å². The van der Waals surface area contributed by atoms with E-state index in [9.17, 15) is 9.90 Å². The van der Waals surface area contributed by atoms with E-state index in [1.807, 2.05) is 36.4 Å². The third kappa shape index (κ3) is 5.62. The molecule has 0 amide bonds. The van der Waals surface area contributed by atoms with Gasteiger partial charge in [0.05, 0.1) is 18.7 Å². The van der Waals surface area contributed by atoms with Gasteiger partial charge in [-0.15, -0.1) is 11.3 Å². The van der Waals surface area contributed by atoms with Crippen LogP contribution in [0.5, 0.6) is 11.5 Å². The highest BCUT2D eigenvalue weighted by Crippen LogP contribution is 2.35. The molecule has 1 aromatic heterocycles. The lowest BCUT2D eigenvalue weighted by Gasteiger charge is -2.29. The van der Waals surface area contributed by atoms with Gasteiger partial charge >= 0.3 is 5.97 Å². The molecule has 4 aromatic rings. The first-order valence-electron chi connectivity index (χ1n) is 12.4. The molecule has 1 saturated heterocycles. The summed E-state index contributed by atoms with van der Waals surface area (Å²) in [6, 6.07) is 22.5. The third-order valence-corrected chi connectivity index (χ3v) is 7.82. The number of carbonyl (C=O) groups is 1. The molecule has 0 unspecified atom stereocenters. The maximum atomic E-state index is 11.3. The van der Waals surface area contributed by atoms with Gasteiger partial charge in [0, 0.05) is 24.0 Å². The summed E-state index contributed by atoms with van der Waals surface area (Å²) >= 11 is 1.59. The lowest BCUT2D eigenvalue weighted by atomic mass is 9.97. The van der Waals surface area contributed by atoms with Crippen molar-refractivity contribution in [2.75, 3.05) is 25.1 Å². The fourth-order valence-electron chi connectivity index (χ4n) is 4.63. The van der Waals surface area contributed by atoms with Crippen molar-refractivity contribution in [1.29, 1.82) is 0 Å². The number of aromatic nitrogens is 1. The number of nitrogens with zero attached hydrogens (tertiary/aromatic N) is 2. The summed E-state index contributed by atoms with van der Waals surface area (Å²) in [5, 5.41) is 12.2. The molecule has 5 rings (SSSR count). The van der Waals surface area contributed by atoms with Gasteiger partial charge in [-0.2, -0.15) is 0 Å². The van der Waals surface area contributed by atoms with Crippen LogP contribution in [0, 0.1) is 12.8 Å². The highest BCUT2D eigenvalue weighted by atomic mass is 32.1. The maximum Gasteiger partial charge on any atom is 0.306 e. The van der Waals surface area contributed by atoms with Crippen LogP contribution in [-0.4, -0.2) is 36.3 Å². The Morgan fingerprint density at radius 1 is 1.05 bits per heavy atom. The average molecular weight is 515 g/mol. The fraction of sp³-hybridized carbons (Fsp3) is 0.267. The number of aliphatic carboxylic acids is 1. The zero-order chi connectivity index (χ0) is 25.8. The molecule has 0 saturated carbocycles. The van der Waals surface area contributed by atoms with Gasteiger partial charge in [-0.1, -0.05) is 42.5 Å². The van der Waals surface area contributed by atoms with Crippen LogP contribution >= 0.6 is 11.3 Å². The number of rotatable bonds is 8. The minimum atomic E-state index is -0.698. The summed E-state index contributed by atoms with van der Waals surface area (Å²) in [4.78, 5) is 18.3. The fourth-order valence-corrected chi connectivity index (χ4v) is 5.51. The molecule has 0 aliphatic carbocycles. The van der Waals surface area contributed by atoms with Crippen LogP contribution in [-0.2, 0) is 11.4 Å². The Balaban J connectivity index is 1.27. The van der Waals surface area contributed by atoms with Gasteiger partial charge in [0.15, 0.2) is 5.13 Å². The zero-order valence-corrected chi connectivity index (χ0v) is 21.8. The number of hydrogen-bond acceptors (Lipinski definition) is 6. The Bertz CT molecular complexity index is 1370. The summed E-state index contributed by atoms with van der Waals surface area (Å²) < 4.78 is 11.6. The normalized spacial score (nSPS) is 13.9. The molecular weight excluding hydrogens is 484 g/mol. The number of hydrogen-bond donors (Lipinski definition) is 1. The molecule has 7 heteroatoms. The third-order valence-electron chi connectivity index (χ3n) is 6.92. The summed E-state index contributed by atoms with van der Waals surface area (Å²) in [6.45, 7) is 4.00.